The van der Waals surface area contributed by atoms with Crippen molar-refractivity contribution in [1.82, 2.24) is 0 Å². The molecule has 0 spiro atoms. The Morgan fingerprint density at radius 3 is 2.84 bits per heavy atom. The fourth-order valence-corrected chi connectivity index (χ4v) is 3.23. The number of carbonyl (C=O) groups excluding carboxylic acids is 1. The van der Waals surface area contributed by atoms with E-state index in [1.807, 2.05) is 0 Å². The maximum absolute atomic E-state index is 11.5. The van der Waals surface area contributed by atoms with E-state index in [2.05, 4.69) is 27.5 Å². The lowest BCUT2D eigenvalue weighted by Gasteiger charge is -2.33. The molecule has 1 unspecified atom stereocenters. The van der Waals surface area contributed by atoms with Crippen LogP contribution in [0.25, 0.3) is 0 Å². The third kappa shape index (κ3) is 3.23. The van der Waals surface area contributed by atoms with E-state index < -0.39 is 0 Å². The van der Waals surface area contributed by atoms with Gasteiger partial charge >= 0.3 is 0 Å². The lowest BCUT2D eigenvalue weighted by Crippen LogP contribution is -2.38. The number of carbonyl (C=O) groups is 1. The van der Waals surface area contributed by atoms with E-state index in [1.54, 1.807) is 19.1 Å². The number of rotatable bonds is 3. The van der Waals surface area contributed by atoms with E-state index in [1.165, 1.54) is 6.07 Å². The molecule has 1 fully saturated rings. The number of anilines is 1. The van der Waals surface area contributed by atoms with Crippen LogP contribution in [0.1, 0.15) is 19.8 Å². The molecule has 6 heteroatoms. The fraction of sp³-hybridized carbons (Fsp3) is 0.462. The number of Topliss-reactive ketones (excluding diaryl/α,β-unsaturated/α-hetero) is 1. The Morgan fingerprint density at radius 1 is 1.53 bits per heavy atom. The van der Waals surface area contributed by atoms with Gasteiger partial charge in [-0.3, -0.25) is 14.9 Å². The number of benzene rings is 1. The van der Waals surface area contributed by atoms with Crippen LogP contribution in [0.15, 0.2) is 18.2 Å². The summed E-state index contributed by atoms with van der Waals surface area (Å²) in [6.07, 6.45) is 1.92. The van der Waals surface area contributed by atoms with Crippen LogP contribution in [-0.2, 0) is 4.79 Å². The highest BCUT2D eigenvalue weighted by atomic mass is 127. The van der Waals surface area contributed by atoms with Gasteiger partial charge in [-0.1, -0.05) is 0 Å². The van der Waals surface area contributed by atoms with Gasteiger partial charge in [-0.25, -0.2) is 0 Å². The third-order valence-corrected chi connectivity index (χ3v) is 4.34. The molecule has 2 rings (SSSR count). The Labute approximate surface area is 125 Å². The Kier molecular flexibility index (Phi) is 4.38. The summed E-state index contributed by atoms with van der Waals surface area (Å²) in [4.78, 5) is 24.0. The summed E-state index contributed by atoms with van der Waals surface area (Å²) >= 11 is 2.12. The molecule has 1 aromatic carbocycles. The molecule has 5 nitrogen and oxygen atoms in total. The summed E-state index contributed by atoms with van der Waals surface area (Å²) in [5, 5.41) is 10.7. The molecule has 1 atom stereocenters. The zero-order valence-corrected chi connectivity index (χ0v) is 12.8. The van der Waals surface area contributed by atoms with E-state index in [-0.39, 0.29) is 22.3 Å². The van der Waals surface area contributed by atoms with Gasteiger partial charge in [0.05, 0.1) is 10.6 Å². The third-order valence-electron chi connectivity index (χ3n) is 3.48. The molecule has 0 aromatic heterocycles. The first-order valence-electron chi connectivity index (χ1n) is 6.18. The van der Waals surface area contributed by atoms with Crippen molar-refractivity contribution < 1.29 is 9.72 Å². The van der Waals surface area contributed by atoms with Crippen LogP contribution in [-0.4, -0.2) is 23.8 Å². The molecule has 1 aliphatic rings. The van der Waals surface area contributed by atoms with Gasteiger partial charge in [0.1, 0.15) is 5.78 Å². The van der Waals surface area contributed by atoms with Gasteiger partial charge in [-0.05, 0) is 48.4 Å². The zero-order chi connectivity index (χ0) is 14.0. The van der Waals surface area contributed by atoms with Crippen LogP contribution < -0.4 is 4.90 Å². The van der Waals surface area contributed by atoms with Crippen LogP contribution in [0.4, 0.5) is 11.4 Å². The van der Waals surface area contributed by atoms with E-state index in [9.17, 15) is 14.9 Å². The second kappa shape index (κ2) is 5.85. The van der Waals surface area contributed by atoms with Crippen molar-refractivity contribution in [2.24, 2.45) is 5.92 Å². The SMILES string of the molecule is CC(=O)C1CCCN(c2ccc([N+](=O)[O-])cc2I)C1. The van der Waals surface area contributed by atoms with Gasteiger partial charge in [0.25, 0.3) is 5.69 Å². The number of ketones is 1. The Hall–Kier alpha value is -1.18. The minimum Gasteiger partial charge on any atom is -0.370 e. The van der Waals surface area contributed by atoms with Crippen molar-refractivity contribution in [2.45, 2.75) is 19.8 Å². The molecule has 1 heterocycles. The maximum Gasteiger partial charge on any atom is 0.270 e. The number of nitro groups is 1. The summed E-state index contributed by atoms with van der Waals surface area (Å²) in [6, 6.07) is 4.88. The fourth-order valence-electron chi connectivity index (χ4n) is 2.39. The summed E-state index contributed by atoms with van der Waals surface area (Å²) in [5.41, 5.74) is 1.09. The standard InChI is InChI=1S/C13H15IN2O3/c1-9(17)10-3-2-6-15(8-10)13-5-4-11(16(18)19)7-12(13)14/h4-5,7,10H,2-3,6,8H2,1H3. The first kappa shape index (κ1) is 14.2. The van der Waals surface area contributed by atoms with Gasteiger partial charge < -0.3 is 4.90 Å². The van der Waals surface area contributed by atoms with Crippen LogP contribution in [0.3, 0.4) is 0 Å². The Balaban J connectivity index is 2.22. The normalized spacial score (nSPS) is 19.3. The van der Waals surface area contributed by atoms with Crippen molar-refractivity contribution in [3.05, 3.63) is 31.9 Å². The minimum atomic E-state index is -0.388. The second-order valence-corrected chi connectivity index (χ2v) is 5.95. The molecule has 0 bridgehead atoms. The van der Waals surface area contributed by atoms with Crippen LogP contribution in [0.5, 0.6) is 0 Å². The molecule has 0 saturated carbocycles. The summed E-state index contributed by atoms with van der Waals surface area (Å²) < 4.78 is 0.857. The van der Waals surface area contributed by atoms with Crippen LogP contribution in [0, 0.1) is 19.6 Å². The quantitative estimate of drug-likeness (QED) is 0.464. The number of non-ortho nitro benzene ring substituents is 1. The van der Waals surface area contributed by atoms with Crippen molar-refractivity contribution in [2.75, 3.05) is 18.0 Å². The highest BCUT2D eigenvalue weighted by Crippen LogP contribution is 2.30. The van der Waals surface area contributed by atoms with Crippen molar-refractivity contribution in [1.29, 1.82) is 0 Å². The average molecular weight is 374 g/mol. The highest BCUT2D eigenvalue weighted by Gasteiger charge is 2.24. The Bertz CT molecular complexity index is 519. The first-order chi connectivity index (χ1) is 8.99. The Morgan fingerprint density at radius 2 is 2.26 bits per heavy atom. The van der Waals surface area contributed by atoms with Crippen molar-refractivity contribution >= 4 is 39.7 Å². The van der Waals surface area contributed by atoms with E-state index in [4.69, 9.17) is 0 Å². The molecule has 0 aliphatic carbocycles. The predicted octanol–water partition coefficient (Wildman–Crippen LogP) is 3.00. The summed E-state index contributed by atoms with van der Waals surface area (Å²) in [6.45, 7) is 3.25. The number of piperidine rings is 1. The maximum atomic E-state index is 11.5. The summed E-state index contributed by atoms with van der Waals surface area (Å²) in [7, 11) is 0. The smallest absolute Gasteiger partial charge is 0.270 e. The molecule has 1 saturated heterocycles. The topological polar surface area (TPSA) is 63.5 Å². The first-order valence-corrected chi connectivity index (χ1v) is 7.26. The van der Waals surface area contributed by atoms with Gasteiger partial charge in [0.15, 0.2) is 0 Å². The molecule has 0 radical (unpaired) electrons. The molecule has 19 heavy (non-hydrogen) atoms. The van der Waals surface area contributed by atoms with Gasteiger partial charge in [0, 0.05) is 34.7 Å². The zero-order valence-electron chi connectivity index (χ0n) is 10.6. The molecular weight excluding hydrogens is 359 g/mol. The van der Waals surface area contributed by atoms with Crippen molar-refractivity contribution in [3.8, 4) is 0 Å². The van der Waals surface area contributed by atoms with Crippen LogP contribution >= 0.6 is 22.6 Å². The lowest BCUT2D eigenvalue weighted by atomic mass is 9.94. The molecule has 0 amide bonds. The van der Waals surface area contributed by atoms with E-state index in [0.717, 1.165) is 28.6 Å². The highest BCUT2D eigenvalue weighted by molar-refractivity contribution is 14.1. The summed E-state index contributed by atoms with van der Waals surface area (Å²) in [5.74, 6) is 0.307. The molecule has 1 aromatic rings. The molecular formula is C13H15IN2O3. The molecule has 1 aliphatic heterocycles. The lowest BCUT2D eigenvalue weighted by molar-refractivity contribution is -0.384. The van der Waals surface area contributed by atoms with E-state index in [0.29, 0.717) is 6.54 Å². The van der Waals surface area contributed by atoms with Crippen molar-refractivity contribution in [3.63, 3.8) is 0 Å². The van der Waals surface area contributed by atoms with Gasteiger partial charge in [-0.2, -0.15) is 0 Å². The van der Waals surface area contributed by atoms with Crippen LogP contribution in [0.2, 0.25) is 0 Å². The predicted molar refractivity (Wildman–Crippen MR) is 81.4 cm³/mol. The van der Waals surface area contributed by atoms with Gasteiger partial charge in [-0.15, -0.1) is 0 Å². The second-order valence-electron chi connectivity index (χ2n) is 4.79. The number of nitrogens with zero attached hydrogens (tertiary/aromatic N) is 2. The number of hydrogen-bond acceptors (Lipinski definition) is 4. The monoisotopic (exact) mass is 374 g/mol. The number of halogens is 1. The largest absolute Gasteiger partial charge is 0.370 e. The molecule has 0 N–H and O–H groups in total. The minimum absolute atomic E-state index is 0.0831. The number of nitro benzene ring substituents is 1. The number of hydrogen-bond donors (Lipinski definition) is 0. The van der Waals surface area contributed by atoms with E-state index >= 15 is 0 Å². The molecule has 102 valence electrons. The van der Waals surface area contributed by atoms with Gasteiger partial charge in [0.2, 0.25) is 0 Å². The average Bonchev–Trinajstić information content (AvgIpc) is 2.38.